The monoisotopic (exact) mass is 1150 g/mol. The van der Waals surface area contributed by atoms with Crippen LogP contribution in [-0.2, 0) is 20.1 Å². The zero-order chi connectivity index (χ0) is 61.4. The minimum atomic E-state index is -1.01. The Morgan fingerprint density at radius 1 is 0.341 bits per heavy atom. The average molecular weight is 1150 g/mol. The lowest BCUT2D eigenvalue weighted by molar-refractivity contribution is -0.0893. The van der Waals surface area contributed by atoms with E-state index in [9.17, 15) is 10.2 Å². The molecule has 0 radical (unpaired) electrons. The first kappa shape index (κ1) is 58.3. The summed E-state index contributed by atoms with van der Waals surface area (Å²) in [6, 6.07) is 86.6. The van der Waals surface area contributed by atoms with Crippen molar-refractivity contribution in [2.24, 2.45) is 0 Å². The molecule has 6 nitrogen and oxygen atoms in total. The van der Waals surface area contributed by atoms with Crippen molar-refractivity contribution < 1.29 is 19.5 Å². The highest BCUT2D eigenvalue weighted by Gasteiger charge is 2.46. The number of aliphatic hydroxyl groups is 2. The summed E-state index contributed by atoms with van der Waals surface area (Å²) in [5.41, 5.74) is 23.2. The van der Waals surface area contributed by atoms with E-state index < -0.39 is 27.8 Å². The molecule has 1 heterocycles. The van der Waals surface area contributed by atoms with Crippen molar-refractivity contribution in [3.05, 3.63) is 276 Å². The van der Waals surface area contributed by atoms with Crippen LogP contribution in [0.25, 0.3) is 89.3 Å². The van der Waals surface area contributed by atoms with Gasteiger partial charge in [0.05, 0.1) is 39.2 Å². The summed E-state index contributed by atoms with van der Waals surface area (Å²) >= 11 is 0. The van der Waals surface area contributed by atoms with E-state index in [-0.39, 0.29) is 5.41 Å². The standard InChI is InChI=1S/C80H74B2N2O4/c1-75(2)69-47-57(51-25-27-52(28-26-51)59-39-46-67-64-23-17-18-24-68(64)80(71(67)49-59,60-19-13-11-14-20-60)61-21-15-12-16-22-61)37-44-65(69)66-45-38-58(48-70(66)75)53-29-31-54(32-30-53)72-73(55-33-40-62(41-34-55)81-87-78(7,8)76(3,4)85)83-50-84-74(72)56-35-42-63(43-36-56)82-88-79(9,10)77(5,6)86/h11-50,81-82,85-86H,1-10H3. The van der Waals surface area contributed by atoms with Gasteiger partial charge in [0.1, 0.15) is 6.33 Å². The van der Waals surface area contributed by atoms with E-state index in [2.05, 4.69) is 250 Å². The molecule has 0 amide bonds. The third kappa shape index (κ3) is 10.3. The molecule has 0 fully saturated rings. The molecule has 1 aromatic heterocycles. The second kappa shape index (κ2) is 22.1. The van der Waals surface area contributed by atoms with Crippen molar-refractivity contribution >= 4 is 25.9 Å². The minimum Gasteiger partial charge on any atom is -0.427 e. The summed E-state index contributed by atoms with van der Waals surface area (Å²) in [4.78, 5) is 9.94. The zero-order valence-corrected chi connectivity index (χ0v) is 52.1. The fourth-order valence-corrected chi connectivity index (χ4v) is 12.9. The third-order valence-electron chi connectivity index (χ3n) is 19.6. The highest BCUT2D eigenvalue weighted by atomic mass is 16.5. The highest BCUT2D eigenvalue weighted by molar-refractivity contribution is 6.47. The molecule has 88 heavy (non-hydrogen) atoms. The van der Waals surface area contributed by atoms with Crippen LogP contribution in [0.15, 0.2) is 243 Å². The molecular weight excluding hydrogens is 1070 g/mol. The summed E-state index contributed by atoms with van der Waals surface area (Å²) in [6.07, 6.45) is 1.65. The number of fused-ring (bicyclic) bond motifs is 6. The van der Waals surface area contributed by atoms with E-state index in [4.69, 9.17) is 19.3 Å². The maximum atomic E-state index is 10.7. The molecule has 10 aromatic carbocycles. The molecule has 0 aliphatic heterocycles. The van der Waals surface area contributed by atoms with Gasteiger partial charge >= 0.3 is 15.0 Å². The van der Waals surface area contributed by atoms with Gasteiger partial charge in [-0.15, -0.1) is 0 Å². The second-order valence-corrected chi connectivity index (χ2v) is 26.6. The molecule has 0 spiro atoms. The van der Waals surface area contributed by atoms with E-state index in [1.54, 1.807) is 34.0 Å². The molecule has 2 aliphatic rings. The largest absolute Gasteiger partial charge is 0.427 e. The second-order valence-electron chi connectivity index (χ2n) is 26.6. The molecule has 13 rings (SSSR count). The fraction of sp³-hybridized carbons (Fsp3) is 0.200. The van der Waals surface area contributed by atoms with Gasteiger partial charge in [0.15, 0.2) is 0 Å². The number of aromatic nitrogens is 2. The Labute approximate surface area is 520 Å². The first-order valence-electron chi connectivity index (χ1n) is 30.8. The van der Waals surface area contributed by atoms with E-state index >= 15 is 0 Å². The number of nitrogens with zero attached hydrogens (tertiary/aromatic N) is 2. The van der Waals surface area contributed by atoms with Crippen LogP contribution in [-0.4, -0.2) is 57.5 Å². The molecule has 434 valence electrons. The first-order valence-corrected chi connectivity index (χ1v) is 30.8. The smallest absolute Gasteiger partial charge is 0.309 e. The molecule has 0 unspecified atom stereocenters. The van der Waals surface area contributed by atoms with Gasteiger partial charge < -0.3 is 19.5 Å². The van der Waals surface area contributed by atoms with Crippen LogP contribution < -0.4 is 10.9 Å². The van der Waals surface area contributed by atoms with Gasteiger partial charge in [-0.1, -0.05) is 243 Å². The SMILES string of the molecule is CC1(C)c2cc(-c3ccc(-c4ccc5c(c4)C(c4ccccc4)(c4ccccc4)c4ccccc4-5)cc3)ccc2-c2ccc(-c3ccc(-c4c(-c5ccc(BOC(C)(C)C(C)(C)O)cc5)ncnc4-c4ccc(BOC(C)(C)C(C)(C)O)cc4)cc3)cc21. The van der Waals surface area contributed by atoms with Gasteiger partial charge in [0, 0.05) is 22.1 Å². The molecule has 2 aliphatic carbocycles. The van der Waals surface area contributed by atoms with Crippen LogP contribution in [0.1, 0.15) is 103 Å². The van der Waals surface area contributed by atoms with E-state index in [0.29, 0.717) is 15.0 Å². The van der Waals surface area contributed by atoms with E-state index in [1.807, 2.05) is 27.7 Å². The Bertz CT molecular complexity index is 4260. The van der Waals surface area contributed by atoms with E-state index in [0.717, 1.165) is 55.7 Å². The molecular formula is C80H74B2N2O4. The molecule has 11 aromatic rings. The Morgan fingerprint density at radius 2 is 0.670 bits per heavy atom. The number of rotatable bonds is 16. The van der Waals surface area contributed by atoms with Crippen molar-refractivity contribution in [1.82, 2.24) is 9.97 Å². The Kier molecular flexibility index (Phi) is 14.7. The number of hydrogen-bond donors (Lipinski definition) is 2. The fourth-order valence-electron chi connectivity index (χ4n) is 12.9. The summed E-state index contributed by atoms with van der Waals surface area (Å²) < 4.78 is 12.5. The quantitative estimate of drug-likeness (QED) is 0.0938. The van der Waals surface area contributed by atoms with Crippen LogP contribution >= 0.6 is 0 Å². The predicted octanol–water partition coefficient (Wildman–Crippen LogP) is 16.2. The Balaban J connectivity index is 0.784. The third-order valence-corrected chi connectivity index (χ3v) is 19.6. The van der Waals surface area contributed by atoms with Crippen molar-refractivity contribution in [3.8, 4) is 89.3 Å². The van der Waals surface area contributed by atoms with Crippen molar-refractivity contribution in [2.45, 2.75) is 102 Å². The molecule has 0 saturated carbocycles. The maximum Gasteiger partial charge on any atom is 0.309 e. The molecule has 0 atom stereocenters. The van der Waals surface area contributed by atoms with E-state index in [1.165, 1.54) is 77.9 Å². The topological polar surface area (TPSA) is 84.7 Å². The average Bonchev–Trinajstić information content (AvgIpc) is 1.55. The Hall–Kier alpha value is -8.75. The maximum absolute atomic E-state index is 10.7. The molecule has 0 bridgehead atoms. The zero-order valence-electron chi connectivity index (χ0n) is 52.1. The lowest BCUT2D eigenvalue weighted by atomic mass is 9.67. The lowest BCUT2D eigenvalue weighted by Gasteiger charge is -2.37. The van der Waals surface area contributed by atoms with Gasteiger partial charge in [-0.25, -0.2) is 9.97 Å². The van der Waals surface area contributed by atoms with Crippen molar-refractivity contribution in [2.75, 3.05) is 0 Å². The van der Waals surface area contributed by atoms with Crippen molar-refractivity contribution in [1.29, 1.82) is 0 Å². The molecule has 8 heteroatoms. The van der Waals surface area contributed by atoms with Gasteiger partial charge in [-0.2, -0.15) is 0 Å². The van der Waals surface area contributed by atoms with Gasteiger partial charge in [-0.3, -0.25) is 0 Å². The summed E-state index contributed by atoms with van der Waals surface area (Å²) in [5, 5.41) is 21.5. The van der Waals surface area contributed by atoms with Crippen LogP contribution in [0.5, 0.6) is 0 Å². The Morgan fingerprint density at radius 3 is 1.08 bits per heavy atom. The predicted molar refractivity (Wildman–Crippen MR) is 366 cm³/mol. The van der Waals surface area contributed by atoms with Crippen LogP contribution in [0.3, 0.4) is 0 Å². The van der Waals surface area contributed by atoms with Crippen molar-refractivity contribution in [3.63, 3.8) is 0 Å². The van der Waals surface area contributed by atoms with Gasteiger partial charge in [0.25, 0.3) is 0 Å². The lowest BCUT2D eigenvalue weighted by Crippen LogP contribution is -2.49. The molecule has 0 saturated heterocycles. The summed E-state index contributed by atoms with van der Waals surface area (Å²) in [7, 11) is 0.707. The minimum absolute atomic E-state index is 0.242. The number of hydrogen-bond acceptors (Lipinski definition) is 6. The summed E-state index contributed by atoms with van der Waals surface area (Å²) in [6.45, 7) is 19.4. The highest BCUT2D eigenvalue weighted by Crippen LogP contribution is 2.57. The van der Waals surface area contributed by atoms with Crippen LogP contribution in [0, 0.1) is 0 Å². The van der Waals surface area contributed by atoms with Gasteiger partial charge in [-0.05, 0) is 168 Å². The number of benzene rings is 10. The normalized spacial score (nSPS) is 14.0. The van der Waals surface area contributed by atoms with Crippen LogP contribution in [0.4, 0.5) is 0 Å². The molecule has 2 N–H and O–H groups in total. The van der Waals surface area contributed by atoms with Gasteiger partial charge in [0.2, 0.25) is 0 Å². The first-order chi connectivity index (χ1) is 42.1. The summed E-state index contributed by atoms with van der Waals surface area (Å²) in [5.74, 6) is 0. The van der Waals surface area contributed by atoms with Crippen LogP contribution in [0.2, 0.25) is 0 Å².